The normalized spacial score (nSPS) is 20.4. The maximum atomic E-state index is 11.6. The molecule has 1 unspecified atom stereocenters. The van der Waals surface area contributed by atoms with Crippen LogP contribution >= 0.6 is 0 Å². The predicted octanol–water partition coefficient (Wildman–Crippen LogP) is 2.75. The zero-order chi connectivity index (χ0) is 10.6. The van der Waals surface area contributed by atoms with Gasteiger partial charge in [-0.15, -0.1) is 0 Å². The van der Waals surface area contributed by atoms with Gasteiger partial charge < -0.3 is 0 Å². The number of carbonyl (C=O) groups excluding carboxylic acids is 2. The average molecular weight is 196 g/mol. The van der Waals surface area contributed by atoms with Crippen molar-refractivity contribution in [3.63, 3.8) is 0 Å². The minimum Gasteiger partial charge on any atom is -0.299 e. The Bertz CT molecular complexity index is 214. The molecule has 1 saturated carbocycles. The van der Waals surface area contributed by atoms with Gasteiger partial charge in [0.1, 0.15) is 11.6 Å². The van der Waals surface area contributed by atoms with Crippen molar-refractivity contribution < 1.29 is 9.59 Å². The fourth-order valence-electron chi connectivity index (χ4n) is 2.08. The van der Waals surface area contributed by atoms with Crippen LogP contribution in [0.15, 0.2) is 0 Å². The molecule has 0 aromatic carbocycles. The molecule has 0 aromatic heterocycles. The van der Waals surface area contributed by atoms with Crippen LogP contribution in [-0.2, 0) is 9.59 Å². The lowest BCUT2D eigenvalue weighted by molar-refractivity contribution is -0.131. The third-order valence-electron chi connectivity index (χ3n) is 3.31. The van der Waals surface area contributed by atoms with Gasteiger partial charge in [0.2, 0.25) is 0 Å². The van der Waals surface area contributed by atoms with Crippen molar-refractivity contribution in [2.75, 3.05) is 0 Å². The van der Waals surface area contributed by atoms with E-state index in [4.69, 9.17) is 0 Å². The van der Waals surface area contributed by atoms with Gasteiger partial charge in [0.05, 0.1) is 5.92 Å². The molecule has 0 radical (unpaired) electrons. The first-order valence-corrected chi connectivity index (χ1v) is 5.64. The molecular formula is C12H20O2. The second-order valence-electron chi connectivity index (χ2n) is 4.51. The summed E-state index contributed by atoms with van der Waals surface area (Å²) in [6, 6.07) is 0. The topological polar surface area (TPSA) is 34.1 Å². The van der Waals surface area contributed by atoms with Crippen LogP contribution in [0, 0.1) is 11.8 Å². The molecule has 0 amide bonds. The van der Waals surface area contributed by atoms with Gasteiger partial charge in [-0.05, 0) is 19.8 Å². The molecule has 2 nitrogen and oxygen atoms in total. The Hall–Kier alpha value is -0.660. The standard InChI is InChI=1S/C12H20O2/c1-9(10(2)13)12(14)8-11-6-4-3-5-7-11/h9,11H,3-8H2,1-2H3. The summed E-state index contributed by atoms with van der Waals surface area (Å²) in [6.45, 7) is 3.23. The molecule has 0 saturated heterocycles. The Kier molecular flexibility index (Phi) is 4.30. The molecule has 0 bridgehead atoms. The Morgan fingerprint density at radius 2 is 1.79 bits per heavy atom. The fraction of sp³-hybridized carbons (Fsp3) is 0.833. The molecule has 0 N–H and O–H groups in total. The molecule has 2 heteroatoms. The maximum Gasteiger partial charge on any atom is 0.143 e. The summed E-state index contributed by atoms with van der Waals surface area (Å²) < 4.78 is 0. The lowest BCUT2D eigenvalue weighted by atomic mass is 9.83. The van der Waals surface area contributed by atoms with Crippen molar-refractivity contribution in [2.45, 2.75) is 52.4 Å². The number of rotatable bonds is 4. The summed E-state index contributed by atoms with van der Waals surface area (Å²) in [7, 11) is 0. The number of carbonyl (C=O) groups is 2. The quantitative estimate of drug-likeness (QED) is 0.648. The summed E-state index contributed by atoms with van der Waals surface area (Å²) in [5, 5.41) is 0. The van der Waals surface area contributed by atoms with Crippen LogP contribution in [0.1, 0.15) is 52.4 Å². The van der Waals surface area contributed by atoms with Gasteiger partial charge >= 0.3 is 0 Å². The first-order valence-electron chi connectivity index (χ1n) is 5.64. The van der Waals surface area contributed by atoms with Crippen molar-refractivity contribution in [1.82, 2.24) is 0 Å². The first kappa shape index (κ1) is 11.4. The summed E-state index contributed by atoms with van der Waals surface area (Å²) in [6.07, 6.45) is 6.80. The summed E-state index contributed by atoms with van der Waals surface area (Å²) >= 11 is 0. The van der Waals surface area contributed by atoms with Gasteiger partial charge in [0.15, 0.2) is 0 Å². The van der Waals surface area contributed by atoms with E-state index in [1.54, 1.807) is 6.92 Å². The lowest BCUT2D eigenvalue weighted by Gasteiger charge is -2.21. The first-order chi connectivity index (χ1) is 6.61. The van der Waals surface area contributed by atoms with Crippen LogP contribution in [-0.4, -0.2) is 11.6 Å². The van der Waals surface area contributed by atoms with Gasteiger partial charge in [-0.3, -0.25) is 9.59 Å². The zero-order valence-corrected chi connectivity index (χ0v) is 9.21. The predicted molar refractivity (Wildman–Crippen MR) is 56.0 cm³/mol. The molecule has 0 spiro atoms. The van der Waals surface area contributed by atoms with Gasteiger partial charge in [-0.1, -0.05) is 32.1 Å². The molecule has 0 heterocycles. The highest BCUT2D eigenvalue weighted by Gasteiger charge is 2.22. The number of ketones is 2. The highest BCUT2D eigenvalue weighted by molar-refractivity contribution is 6.00. The number of Topliss-reactive ketones (excluding diaryl/α,β-unsaturated/α-hetero) is 2. The van der Waals surface area contributed by atoms with Crippen molar-refractivity contribution in [1.29, 1.82) is 0 Å². The van der Waals surface area contributed by atoms with Crippen molar-refractivity contribution in [3.8, 4) is 0 Å². The van der Waals surface area contributed by atoms with Crippen molar-refractivity contribution >= 4 is 11.6 Å². The smallest absolute Gasteiger partial charge is 0.143 e. The molecule has 80 valence electrons. The van der Waals surface area contributed by atoms with E-state index in [2.05, 4.69) is 0 Å². The van der Waals surface area contributed by atoms with Crippen LogP contribution < -0.4 is 0 Å². The number of hydrogen-bond donors (Lipinski definition) is 0. The van der Waals surface area contributed by atoms with Gasteiger partial charge in [0.25, 0.3) is 0 Å². The molecule has 1 aliphatic rings. The van der Waals surface area contributed by atoms with E-state index < -0.39 is 0 Å². The lowest BCUT2D eigenvalue weighted by Crippen LogP contribution is -2.22. The third kappa shape index (κ3) is 3.24. The fourth-order valence-corrected chi connectivity index (χ4v) is 2.08. The molecule has 0 aliphatic heterocycles. The van der Waals surface area contributed by atoms with Crippen LogP contribution in [0.25, 0.3) is 0 Å². The van der Waals surface area contributed by atoms with Crippen LogP contribution in [0.3, 0.4) is 0 Å². The van der Waals surface area contributed by atoms with Crippen LogP contribution in [0.5, 0.6) is 0 Å². The molecular weight excluding hydrogens is 176 g/mol. The van der Waals surface area contributed by atoms with E-state index in [1.165, 1.54) is 39.0 Å². The summed E-state index contributed by atoms with van der Waals surface area (Å²) in [5.41, 5.74) is 0. The Labute approximate surface area is 86.1 Å². The molecule has 1 aliphatic carbocycles. The van der Waals surface area contributed by atoms with Gasteiger partial charge in [-0.2, -0.15) is 0 Å². The largest absolute Gasteiger partial charge is 0.299 e. The van der Waals surface area contributed by atoms with E-state index >= 15 is 0 Å². The average Bonchev–Trinajstić information content (AvgIpc) is 2.18. The van der Waals surface area contributed by atoms with Gasteiger partial charge in [0, 0.05) is 6.42 Å². The summed E-state index contributed by atoms with van der Waals surface area (Å²) in [5.74, 6) is 0.324. The van der Waals surface area contributed by atoms with E-state index in [0.717, 1.165) is 0 Å². The second kappa shape index (κ2) is 5.28. The Morgan fingerprint density at radius 1 is 1.21 bits per heavy atom. The van der Waals surface area contributed by atoms with E-state index in [0.29, 0.717) is 12.3 Å². The van der Waals surface area contributed by atoms with Crippen molar-refractivity contribution in [3.05, 3.63) is 0 Å². The highest BCUT2D eigenvalue weighted by atomic mass is 16.1. The SMILES string of the molecule is CC(=O)C(C)C(=O)CC1CCCCC1. The minimum atomic E-state index is -0.378. The van der Waals surface area contributed by atoms with Crippen LogP contribution in [0.2, 0.25) is 0 Å². The van der Waals surface area contributed by atoms with Crippen molar-refractivity contribution in [2.24, 2.45) is 11.8 Å². The Morgan fingerprint density at radius 3 is 2.29 bits per heavy atom. The van der Waals surface area contributed by atoms with Crippen LogP contribution in [0.4, 0.5) is 0 Å². The van der Waals surface area contributed by atoms with E-state index in [-0.39, 0.29) is 17.5 Å². The Balaban J connectivity index is 2.35. The second-order valence-corrected chi connectivity index (χ2v) is 4.51. The zero-order valence-electron chi connectivity index (χ0n) is 9.21. The minimum absolute atomic E-state index is 0.00538. The molecule has 1 atom stereocenters. The van der Waals surface area contributed by atoms with E-state index in [9.17, 15) is 9.59 Å². The third-order valence-corrected chi connectivity index (χ3v) is 3.31. The highest BCUT2D eigenvalue weighted by Crippen LogP contribution is 2.27. The monoisotopic (exact) mass is 196 g/mol. The van der Waals surface area contributed by atoms with Gasteiger partial charge in [-0.25, -0.2) is 0 Å². The molecule has 0 aromatic rings. The summed E-state index contributed by atoms with van der Waals surface area (Å²) in [4.78, 5) is 22.6. The number of hydrogen-bond acceptors (Lipinski definition) is 2. The van der Waals surface area contributed by atoms with E-state index in [1.807, 2.05) is 0 Å². The molecule has 14 heavy (non-hydrogen) atoms. The molecule has 1 fully saturated rings. The maximum absolute atomic E-state index is 11.6. The molecule has 1 rings (SSSR count).